The van der Waals surface area contributed by atoms with Crippen molar-refractivity contribution in [2.45, 2.75) is 18.6 Å². The summed E-state index contributed by atoms with van der Waals surface area (Å²) in [5.74, 6) is -3.03. The molecule has 2 aromatic carbocycles. The van der Waals surface area contributed by atoms with E-state index in [1.165, 1.54) is 25.3 Å². The number of aliphatic hydroxyl groups is 1. The maximum Gasteiger partial charge on any atom is 0.339 e. The van der Waals surface area contributed by atoms with Crippen LogP contribution in [-0.4, -0.2) is 46.3 Å². The third kappa shape index (κ3) is 3.98. The summed E-state index contributed by atoms with van der Waals surface area (Å²) < 4.78 is 19.7. The fourth-order valence-electron chi connectivity index (χ4n) is 3.32. The van der Waals surface area contributed by atoms with Gasteiger partial charge in [0.05, 0.1) is 30.9 Å². The number of carboxylic acid groups (broad SMARTS) is 1. The van der Waals surface area contributed by atoms with E-state index in [1.54, 1.807) is 24.3 Å². The summed E-state index contributed by atoms with van der Waals surface area (Å²) in [6, 6.07) is 9.15. The van der Waals surface area contributed by atoms with Gasteiger partial charge in [-0.15, -0.1) is 0 Å². The number of methoxy groups -OCH3 is 1. The zero-order valence-electron chi connectivity index (χ0n) is 15.7. The van der Waals surface area contributed by atoms with Crippen molar-refractivity contribution in [1.29, 1.82) is 0 Å². The van der Waals surface area contributed by atoms with Crippen LogP contribution < -0.4 is 10.1 Å². The van der Waals surface area contributed by atoms with E-state index in [0.717, 1.165) is 0 Å². The number of hydrogen-bond donors (Lipinski definition) is 3. The number of ether oxygens (including phenoxy) is 1. The smallest absolute Gasteiger partial charge is 0.339 e. The number of halogens is 1. The van der Waals surface area contributed by atoms with Gasteiger partial charge in [0.15, 0.2) is 0 Å². The number of amides is 1. The molecule has 10 heteroatoms. The Morgan fingerprint density at radius 1 is 1.20 bits per heavy atom. The molecule has 1 amide bonds. The van der Waals surface area contributed by atoms with Crippen LogP contribution in [0.5, 0.6) is 5.75 Å². The Morgan fingerprint density at radius 3 is 2.50 bits per heavy atom. The van der Waals surface area contributed by atoms with Crippen molar-refractivity contribution >= 4 is 17.6 Å². The van der Waals surface area contributed by atoms with Crippen LogP contribution in [0.1, 0.15) is 6.42 Å². The first-order valence-electron chi connectivity index (χ1n) is 8.77. The van der Waals surface area contributed by atoms with Gasteiger partial charge in [-0.05, 0) is 35.4 Å². The number of nitrogens with one attached hydrogen (secondary N) is 1. The van der Waals surface area contributed by atoms with Gasteiger partial charge in [-0.25, -0.2) is 9.18 Å². The Kier molecular flexibility index (Phi) is 5.79. The first-order chi connectivity index (χ1) is 14.2. The van der Waals surface area contributed by atoms with E-state index in [0.29, 0.717) is 16.9 Å². The lowest BCUT2D eigenvalue weighted by Crippen LogP contribution is -2.25. The van der Waals surface area contributed by atoms with Crippen LogP contribution in [0.4, 0.5) is 10.1 Å². The SMILES string of the molecule is COc1cccc(-c2ccc(NC(=O)C3=C(C(=O)O)C([N+](=O)[O-])CC3O)c(F)c2)c1. The second kappa shape index (κ2) is 8.29. The van der Waals surface area contributed by atoms with Crippen molar-refractivity contribution in [2.24, 2.45) is 0 Å². The van der Waals surface area contributed by atoms with Crippen molar-refractivity contribution in [3.8, 4) is 16.9 Å². The maximum atomic E-state index is 14.6. The number of carbonyl (C=O) groups is 2. The number of aliphatic hydroxyl groups excluding tert-OH is 1. The van der Waals surface area contributed by atoms with Gasteiger partial charge in [-0.1, -0.05) is 18.2 Å². The van der Waals surface area contributed by atoms with Gasteiger partial charge in [-0.2, -0.15) is 0 Å². The summed E-state index contributed by atoms with van der Waals surface area (Å²) in [4.78, 5) is 34.1. The lowest BCUT2D eigenvalue weighted by atomic mass is 10.0. The van der Waals surface area contributed by atoms with Crippen molar-refractivity contribution in [3.63, 3.8) is 0 Å². The molecule has 30 heavy (non-hydrogen) atoms. The van der Waals surface area contributed by atoms with E-state index in [2.05, 4.69) is 5.32 Å². The van der Waals surface area contributed by atoms with E-state index >= 15 is 0 Å². The van der Waals surface area contributed by atoms with Gasteiger partial charge in [0.25, 0.3) is 5.91 Å². The standard InChI is InChI=1S/C20H17FN2O7/c1-30-12-4-2-3-10(7-12)11-5-6-14(13(21)8-11)22-19(25)18-16(24)9-15(23(28)29)17(18)20(26)27/h2-8,15-16,24H,9H2,1H3,(H,22,25)(H,26,27). The molecule has 0 heterocycles. The second-order valence-electron chi connectivity index (χ2n) is 6.57. The van der Waals surface area contributed by atoms with Crippen LogP contribution in [0.15, 0.2) is 53.6 Å². The molecule has 0 bridgehead atoms. The highest BCUT2D eigenvalue weighted by Crippen LogP contribution is 2.31. The van der Waals surface area contributed by atoms with Gasteiger partial charge < -0.3 is 20.3 Å². The minimum Gasteiger partial charge on any atom is -0.497 e. The van der Waals surface area contributed by atoms with Gasteiger partial charge in [0, 0.05) is 4.92 Å². The van der Waals surface area contributed by atoms with Gasteiger partial charge in [-0.3, -0.25) is 14.9 Å². The van der Waals surface area contributed by atoms with Crippen LogP contribution in [0, 0.1) is 15.9 Å². The third-order valence-electron chi connectivity index (χ3n) is 4.75. The van der Waals surface area contributed by atoms with Gasteiger partial charge >= 0.3 is 5.97 Å². The third-order valence-corrected chi connectivity index (χ3v) is 4.75. The molecule has 1 aliphatic rings. The van der Waals surface area contributed by atoms with E-state index in [4.69, 9.17) is 4.74 Å². The molecule has 2 atom stereocenters. The number of benzene rings is 2. The molecule has 9 nitrogen and oxygen atoms in total. The number of carbonyl (C=O) groups excluding carboxylic acids is 1. The topological polar surface area (TPSA) is 139 Å². The zero-order chi connectivity index (χ0) is 22.0. The summed E-state index contributed by atoms with van der Waals surface area (Å²) in [6.45, 7) is 0. The molecule has 3 N–H and O–H groups in total. The Balaban J connectivity index is 1.89. The molecular weight excluding hydrogens is 399 g/mol. The van der Waals surface area contributed by atoms with Crippen LogP contribution in [0.3, 0.4) is 0 Å². The first-order valence-corrected chi connectivity index (χ1v) is 8.77. The van der Waals surface area contributed by atoms with Crippen molar-refractivity contribution in [1.82, 2.24) is 0 Å². The molecule has 2 aromatic rings. The number of rotatable bonds is 6. The molecule has 0 saturated heterocycles. The summed E-state index contributed by atoms with van der Waals surface area (Å²) in [6.07, 6.45) is -2.19. The van der Waals surface area contributed by atoms with Crippen molar-refractivity contribution in [3.05, 3.63) is 69.5 Å². The zero-order valence-corrected chi connectivity index (χ0v) is 15.7. The van der Waals surface area contributed by atoms with E-state index in [9.17, 15) is 34.3 Å². The molecule has 0 fully saturated rings. The lowest BCUT2D eigenvalue weighted by molar-refractivity contribution is -0.511. The summed E-state index contributed by atoms with van der Waals surface area (Å²) in [5.41, 5.74) is -0.550. The summed E-state index contributed by atoms with van der Waals surface area (Å²) in [7, 11) is 1.50. The fourth-order valence-corrected chi connectivity index (χ4v) is 3.32. The van der Waals surface area contributed by atoms with Crippen LogP contribution in [0.2, 0.25) is 0 Å². The Morgan fingerprint density at radius 2 is 1.90 bits per heavy atom. The molecule has 3 rings (SSSR count). The van der Waals surface area contributed by atoms with Crippen molar-refractivity contribution < 1.29 is 33.9 Å². The molecule has 0 radical (unpaired) electrons. The average molecular weight is 416 g/mol. The summed E-state index contributed by atoms with van der Waals surface area (Å²) >= 11 is 0. The Bertz CT molecular complexity index is 1070. The highest BCUT2D eigenvalue weighted by atomic mass is 19.1. The van der Waals surface area contributed by atoms with E-state index in [-0.39, 0.29) is 5.69 Å². The van der Waals surface area contributed by atoms with E-state index in [1.807, 2.05) is 0 Å². The molecule has 0 aromatic heterocycles. The highest BCUT2D eigenvalue weighted by molar-refractivity contribution is 6.10. The van der Waals surface area contributed by atoms with Gasteiger partial charge in [0.2, 0.25) is 6.04 Å². The lowest BCUT2D eigenvalue weighted by Gasteiger charge is -2.12. The second-order valence-corrected chi connectivity index (χ2v) is 6.57. The number of hydrogen-bond acceptors (Lipinski definition) is 6. The van der Waals surface area contributed by atoms with Gasteiger partial charge in [0.1, 0.15) is 17.1 Å². The number of nitrogens with zero attached hydrogens (tertiary/aromatic N) is 1. The minimum absolute atomic E-state index is 0.263. The van der Waals surface area contributed by atoms with E-state index < -0.39 is 52.3 Å². The average Bonchev–Trinajstić information content (AvgIpc) is 3.07. The largest absolute Gasteiger partial charge is 0.497 e. The normalized spacial score (nSPS) is 18.2. The number of anilines is 1. The van der Waals surface area contributed by atoms with Crippen molar-refractivity contribution in [2.75, 3.05) is 12.4 Å². The quantitative estimate of drug-likeness (QED) is 0.485. The molecule has 0 saturated carbocycles. The molecule has 1 aliphatic carbocycles. The fraction of sp³-hybridized carbons (Fsp3) is 0.200. The maximum absolute atomic E-state index is 14.6. The van der Waals surface area contributed by atoms with Crippen LogP contribution >= 0.6 is 0 Å². The number of aliphatic carboxylic acids is 1. The number of nitro groups is 1. The highest BCUT2D eigenvalue weighted by Gasteiger charge is 2.46. The molecule has 156 valence electrons. The predicted molar refractivity (Wildman–Crippen MR) is 103 cm³/mol. The van der Waals surface area contributed by atoms with Crippen LogP contribution in [0.25, 0.3) is 11.1 Å². The predicted octanol–water partition coefficient (Wildman–Crippen LogP) is 2.23. The minimum atomic E-state index is -1.72. The molecular formula is C20H17FN2O7. The monoisotopic (exact) mass is 416 g/mol. The summed E-state index contributed by atoms with van der Waals surface area (Å²) in [5, 5.41) is 32.5. The number of carboxylic acids is 1. The molecule has 2 unspecified atom stereocenters. The molecule has 0 aliphatic heterocycles. The Hall–Kier alpha value is -3.79. The van der Waals surface area contributed by atoms with Crippen LogP contribution in [-0.2, 0) is 9.59 Å². The first kappa shape index (κ1) is 20.9. The molecule has 0 spiro atoms. The Labute approximate surface area is 169 Å².